The summed E-state index contributed by atoms with van der Waals surface area (Å²) >= 11 is 5.96. The van der Waals surface area contributed by atoms with E-state index < -0.39 is 0 Å². The van der Waals surface area contributed by atoms with E-state index >= 15 is 0 Å². The molecule has 146 valence electrons. The van der Waals surface area contributed by atoms with Gasteiger partial charge >= 0.3 is 0 Å². The number of aryl methyl sites for hydroxylation is 1. The van der Waals surface area contributed by atoms with Crippen LogP contribution in [0.25, 0.3) is 0 Å². The third kappa shape index (κ3) is 3.97. The summed E-state index contributed by atoms with van der Waals surface area (Å²) < 4.78 is 0. The fourth-order valence-electron chi connectivity index (χ4n) is 4.33. The summed E-state index contributed by atoms with van der Waals surface area (Å²) in [4.78, 5) is 29.7. The first-order valence-corrected chi connectivity index (χ1v) is 10.2. The first kappa shape index (κ1) is 19.1. The Bertz CT molecular complexity index is 876. The maximum Gasteiger partial charge on any atom is 0.292 e. The maximum absolute atomic E-state index is 13.0. The van der Waals surface area contributed by atoms with Gasteiger partial charge in [-0.25, -0.2) is 4.90 Å². The molecule has 4 rings (SSSR count). The highest BCUT2D eigenvalue weighted by Gasteiger charge is 2.46. The molecule has 0 unspecified atom stereocenters. The summed E-state index contributed by atoms with van der Waals surface area (Å²) in [5.74, 6) is -0.129. The number of halogens is 1. The molecule has 0 aliphatic carbocycles. The molecule has 2 aromatic carbocycles. The summed E-state index contributed by atoms with van der Waals surface area (Å²) in [6.07, 6.45) is 0.314. The Balaban J connectivity index is 1.37. The Labute approximate surface area is 170 Å². The number of anilines is 1. The highest BCUT2D eigenvalue weighted by atomic mass is 35.5. The summed E-state index contributed by atoms with van der Waals surface area (Å²) in [6, 6.07) is 15.4. The molecule has 1 atom stereocenters. The summed E-state index contributed by atoms with van der Waals surface area (Å²) in [5, 5.41) is 0.760. The van der Waals surface area contributed by atoms with E-state index in [0.717, 1.165) is 43.3 Å². The summed E-state index contributed by atoms with van der Waals surface area (Å²) in [7, 11) is 0. The number of carbonyl (C=O) groups excluding carboxylic acids is 2. The molecule has 2 amide bonds. The van der Waals surface area contributed by atoms with Gasteiger partial charge in [-0.3, -0.25) is 9.59 Å². The van der Waals surface area contributed by atoms with Crippen molar-refractivity contribution in [2.75, 3.05) is 31.1 Å². The first-order valence-electron chi connectivity index (χ1n) is 9.87. The monoisotopic (exact) mass is 399 g/mol. The number of nitrogens with zero attached hydrogens (tertiary/aromatic N) is 1. The van der Waals surface area contributed by atoms with Crippen LogP contribution < -0.4 is 14.7 Å². The van der Waals surface area contributed by atoms with Crippen LogP contribution in [0.5, 0.6) is 0 Å². The molecule has 2 N–H and O–H groups in total. The van der Waals surface area contributed by atoms with Crippen LogP contribution >= 0.6 is 11.6 Å². The highest BCUT2D eigenvalue weighted by molar-refractivity contribution is 6.30. The van der Waals surface area contributed by atoms with Gasteiger partial charge in [0.2, 0.25) is 5.91 Å². The third-order valence-electron chi connectivity index (χ3n) is 5.87. The van der Waals surface area contributed by atoms with Crippen LogP contribution in [0, 0.1) is 6.92 Å². The lowest BCUT2D eigenvalue weighted by atomic mass is 10.1. The van der Waals surface area contributed by atoms with E-state index in [2.05, 4.69) is 12.1 Å². The van der Waals surface area contributed by atoms with Crippen molar-refractivity contribution < 1.29 is 19.4 Å². The predicted octanol–water partition coefficient (Wildman–Crippen LogP) is 0.264. The molecule has 28 heavy (non-hydrogen) atoms. The number of imide groups is 1. The van der Waals surface area contributed by atoms with E-state index in [1.165, 1.54) is 20.3 Å². The Morgan fingerprint density at radius 2 is 1.75 bits per heavy atom. The van der Waals surface area contributed by atoms with Crippen LogP contribution in [0.15, 0.2) is 48.5 Å². The smallest absolute Gasteiger partial charge is 0.292 e. The first-order chi connectivity index (χ1) is 13.5. The van der Waals surface area contributed by atoms with Gasteiger partial charge in [-0.15, -0.1) is 0 Å². The van der Waals surface area contributed by atoms with E-state index in [-0.39, 0.29) is 17.9 Å². The molecule has 0 spiro atoms. The molecule has 0 aromatic heterocycles. The van der Waals surface area contributed by atoms with E-state index in [1.807, 2.05) is 43.3 Å². The van der Waals surface area contributed by atoms with E-state index in [4.69, 9.17) is 11.6 Å². The highest BCUT2D eigenvalue weighted by Crippen LogP contribution is 2.22. The molecule has 0 saturated carbocycles. The molecule has 2 aliphatic rings. The Morgan fingerprint density at radius 1 is 1.04 bits per heavy atom. The molecular formula is C22H26ClN3O2+2. The molecule has 2 aromatic rings. The zero-order valence-corrected chi connectivity index (χ0v) is 16.8. The van der Waals surface area contributed by atoms with E-state index in [9.17, 15) is 9.59 Å². The van der Waals surface area contributed by atoms with Crippen molar-refractivity contribution >= 4 is 29.1 Å². The molecule has 6 heteroatoms. The van der Waals surface area contributed by atoms with Crippen LogP contribution in [-0.4, -0.2) is 44.0 Å². The SMILES string of the molecule is Cc1cccc(N2C(=O)C[C@@H]([NH+]3CC[NH+](Cc4ccc(Cl)cc4)CC3)C2=O)c1. The summed E-state index contributed by atoms with van der Waals surface area (Å²) in [6.45, 7) is 6.76. The lowest BCUT2D eigenvalue weighted by Crippen LogP contribution is -3.29. The van der Waals surface area contributed by atoms with Gasteiger partial charge in [-0.2, -0.15) is 0 Å². The minimum Gasteiger partial charge on any atom is -0.322 e. The molecule has 2 fully saturated rings. The van der Waals surface area contributed by atoms with Crippen molar-refractivity contribution in [1.82, 2.24) is 0 Å². The normalized spacial score (nSPS) is 25.4. The van der Waals surface area contributed by atoms with Gasteiger partial charge in [0.05, 0.1) is 12.1 Å². The molecule has 2 aliphatic heterocycles. The van der Waals surface area contributed by atoms with Gasteiger partial charge in [-0.05, 0) is 36.8 Å². The van der Waals surface area contributed by atoms with Gasteiger partial charge in [-0.1, -0.05) is 35.9 Å². The largest absolute Gasteiger partial charge is 0.322 e. The van der Waals surface area contributed by atoms with Crippen LogP contribution in [0.2, 0.25) is 5.02 Å². The Morgan fingerprint density at radius 3 is 2.43 bits per heavy atom. The van der Waals surface area contributed by atoms with Crippen molar-refractivity contribution in [3.8, 4) is 0 Å². The van der Waals surface area contributed by atoms with Crippen LogP contribution in [0.1, 0.15) is 17.5 Å². The van der Waals surface area contributed by atoms with Gasteiger partial charge in [0.25, 0.3) is 5.91 Å². The Hall–Kier alpha value is -2.21. The topological polar surface area (TPSA) is 46.3 Å². The van der Waals surface area contributed by atoms with E-state index in [1.54, 1.807) is 0 Å². The summed E-state index contributed by atoms with van der Waals surface area (Å²) in [5.41, 5.74) is 3.03. The second-order valence-electron chi connectivity index (χ2n) is 7.87. The molecule has 5 nitrogen and oxygen atoms in total. The van der Waals surface area contributed by atoms with Crippen molar-refractivity contribution in [2.45, 2.75) is 25.9 Å². The number of benzene rings is 2. The molecule has 2 saturated heterocycles. The number of rotatable bonds is 4. The van der Waals surface area contributed by atoms with Gasteiger partial charge in [0, 0.05) is 10.6 Å². The molecule has 0 bridgehead atoms. The lowest BCUT2D eigenvalue weighted by molar-refractivity contribution is -1.02. The standard InChI is InChI=1S/C22H24ClN3O2/c1-16-3-2-4-19(13-16)26-21(27)14-20(22(26)28)25-11-9-24(10-12-25)15-17-5-7-18(23)8-6-17/h2-8,13,20H,9-12,14-15H2,1H3/p+2/t20-/m1/s1. The maximum atomic E-state index is 13.0. The van der Waals surface area contributed by atoms with Gasteiger partial charge in [0.1, 0.15) is 32.7 Å². The zero-order chi connectivity index (χ0) is 19.7. The molecular weight excluding hydrogens is 374 g/mol. The minimum atomic E-state index is -0.245. The fraction of sp³-hybridized carbons (Fsp3) is 0.364. The lowest BCUT2D eigenvalue weighted by Gasteiger charge is -2.32. The average Bonchev–Trinajstić information content (AvgIpc) is 2.98. The van der Waals surface area contributed by atoms with Crippen molar-refractivity contribution in [3.63, 3.8) is 0 Å². The van der Waals surface area contributed by atoms with E-state index in [0.29, 0.717) is 12.1 Å². The zero-order valence-electron chi connectivity index (χ0n) is 16.1. The van der Waals surface area contributed by atoms with Crippen molar-refractivity contribution in [2.24, 2.45) is 0 Å². The number of hydrogen-bond acceptors (Lipinski definition) is 2. The second-order valence-corrected chi connectivity index (χ2v) is 8.31. The van der Waals surface area contributed by atoms with Crippen LogP contribution in [0.4, 0.5) is 5.69 Å². The number of nitrogens with one attached hydrogen (secondary N) is 2. The van der Waals surface area contributed by atoms with Gasteiger partial charge < -0.3 is 9.80 Å². The fourth-order valence-corrected chi connectivity index (χ4v) is 4.46. The van der Waals surface area contributed by atoms with Crippen LogP contribution in [0.3, 0.4) is 0 Å². The number of quaternary nitrogens is 2. The van der Waals surface area contributed by atoms with Crippen LogP contribution in [-0.2, 0) is 16.1 Å². The number of piperazine rings is 1. The number of amides is 2. The van der Waals surface area contributed by atoms with Gasteiger partial charge in [0.15, 0.2) is 6.04 Å². The number of carbonyl (C=O) groups is 2. The Kier molecular flexibility index (Phi) is 5.49. The molecule has 2 heterocycles. The molecule has 0 radical (unpaired) electrons. The van der Waals surface area contributed by atoms with Crippen molar-refractivity contribution in [1.29, 1.82) is 0 Å². The third-order valence-corrected chi connectivity index (χ3v) is 6.12. The number of hydrogen-bond donors (Lipinski definition) is 2. The quantitative estimate of drug-likeness (QED) is 0.725. The minimum absolute atomic E-state index is 0.0493. The second kappa shape index (κ2) is 8.03. The van der Waals surface area contributed by atoms with Crippen molar-refractivity contribution in [3.05, 3.63) is 64.7 Å². The predicted molar refractivity (Wildman–Crippen MR) is 109 cm³/mol. The average molecular weight is 400 g/mol.